The van der Waals surface area contributed by atoms with Crippen molar-refractivity contribution in [1.82, 2.24) is 14.8 Å². The number of nitrogens with zero attached hydrogens (tertiary/aromatic N) is 3. The molecule has 1 unspecified atom stereocenters. The number of rotatable bonds is 1. The largest absolute Gasteiger partial charge is 0.314 e. The Morgan fingerprint density at radius 3 is 2.81 bits per heavy atom. The fourth-order valence-corrected chi connectivity index (χ4v) is 4.33. The Hall–Kier alpha value is -2.17. The van der Waals surface area contributed by atoms with Gasteiger partial charge in [0, 0.05) is 43.5 Å². The summed E-state index contributed by atoms with van der Waals surface area (Å²) >= 11 is 6.26. The summed E-state index contributed by atoms with van der Waals surface area (Å²) in [7, 11) is 0. The standard InChI is InChI=1S/C21H22ClN3O/c1-14-13-24(10-11-25(14)15(2)26)21-19-8-7-18(22)12-17(19)6-5-16-4-3-9-23-20(16)21/h3-4,7-9,12,21H,1,5-6,10-11,13H2,2H3. The molecular weight excluding hydrogens is 346 g/mol. The third-order valence-electron chi connectivity index (χ3n) is 5.37. The van der Waals surface area contributed by atoms with Crippen molar-refractivity contribution in [3.63, 3.8) is 0 Å². The Labute approximate surface area is 159 Å². The van der Waals surface area contributed by atoms with Gasteiger partial charge in [-0.1, -0.05) is 30.3 Å². The van der Waals surface area contributed by atoms with Crippen LogP contribution in [0.4, 0.5) is 0 Å². The highest BCUT2D eigenvalue weighted by atomic mass is 35.5. The number of aromatic nitrogens is 1. The molecule has 26 heavy (non-hydrogen) atoms. The summed E-state index contributed by atoms with van der Waals surface area (Å²) in [6.45, 7) is 7.84. The van der Waals surface area contributed by atoms with Gasteiger partial charge in [-0.15, -0.1) is 0 Å². The molecule has 0 N–H and O–H groups in total. The van der Waals surface area contributed by atoms with Crippen molar-refractivity contribution in [3.05, 3.63) is 76.2 Å². The van der Waals surface area contributed by atoms with Crippen molar-refractivity contribution in [2.24, 2.45) is 0 Å². The second-order valence-corrected chi connectivity index (χ2v) is 7.44. The van der Waals surface area contributed by atoms with E-state index in [0.29, 0.717) is 13.1 Å². The Kier molecular flexibility index (Phi) is 4.55. The number of hydrogen-bond acceptors (Lipinski definition) is 3. The molecule has 2 aliphatic rings. The molecule has 0 spiro atoms. The van der Waals surface area contributed by atoms with E-state index in [9.17, 15) is 4.79 Å². The molecule has 2 aromatic rings. The van der Waals surface area contributed by atoms with E-state index in [0.717, 1.165) is 35.8 Å². The SMILES string of the molecule is C=C1CN(C2c3ccc(Cl)cc3CCc3cccnc32)CCN1C(C)=O. The molecule has 5 heteroatoms. The normalized spacial score (nSPS) is 20.3. The average molecular weight is 368 g/mol. The van der Waals surface area contributed by atoms with Gasteiger partial charge in [-0.25, -0.2) is 0 Å². The van der Waals surface area contributed by atoms with Gasteiger partial charge < -0.3 is 4.90 Å². The van der Waals surface area contributed by atoms with Gasteiger partial charge in [0.2, 0.25) is 5.91 Å². The maximum Gasteiger partial charge on any atom is 0.223 e. The van der Waals surface area contributed by atoms with Gasteiger partial charge in [0.25, 0.3) is 0 Å². The Bertz CT molecular complexity index is 879. The molecule has 1 saturated heterocycles. The first-order valence-corrected chi connectivity index (χ1v) is 9.34. The van der Waals surface area contributed by atoms with Crippen LogP contribution in [-0.2, 0) is 17.6 Å². The number of hydrogen-bond donors (Lipinski definition) is 0. The summed E-state index contributed by atoms with van der Waals surface area (Å²) in [6, 6.07) is 10.4. The summed E-state index contributed by atoms with van der Waals surface area (Å²) in [5.74, 6) is 0.0567. The predicted molar refractivity (Wildman–Crippen MR) is 103 cm³/mol. The average Bonchev–Trinajstić information content (AvgIpc) is 2.78. The van der Waals surface area contributed by atoms with E-state index >= 15 is 0 Å². The van der Waals surface area contributed by atoms with Crippen LogP contribution in [0.5, 0.6) is 0 Å². The van der Waals surface area contributed by atoms with Crippen molar-refractivity contribution >= 4 is 17.5 Å². The number of piperazine rings is 1. The zero-order valence-corrected chi connectivity index (χ0v) is 15.7. The van der Waals surface area contributed by atoms with Crippen LogP contribution in [0.3, 0.4) is 0 Å². The van der Waals surface area contributed by atoms with Crippen LogP contribution in [-0.4, -0.2) is 40.3 Å². The third-order valence-corrected chi connectivity index (χ3v) is 5.61. The molecule has 2 heterocycles. The second kappa shape index (κ2) is 6.86. The lowest BCUT2D eigenvalue weighted by atomic mass is 9.96. The van der Waals surface area contributed by atoms with Crippen LogP contribution in [0.15, 0.2) is 48.8 Å². The molecule has 0 radical (unpaired) electrons. The van der Waals surface area contributed by atoms with Gasteiger partial charge in [-0.2, -0.15) is 0 Å². The van der Waals surface area contributed by atoms with Crippen molar-refractivity contribution in [3.8, 4) is 0 Å². The molecule has 1 aromatic carbocycles. The lowest BCUT2D eigenvalue weighted by Gasteiger charge is -2.40. The van der Waals surface area contributed by atoms with Gasteiger partial charge in [-0.05, 0) is 47.7 Å². The van der Waals surface area contributed by atoms with E-state index < -0.39 is 0 Å². The summed E-state index contributed by atoms with van der Waals surface area (Å²) in [6.07, 6.45) is 3.79. The summed E-state index contributed by atoms with van der Waals surface area (Å²) in [5, 5.41) is 0.771. The number of benzene rings is 1. The Morgan fingerprint density at radius 2 is 2.04 bits per heavy atom. The van der Waals surface area contributed by atoms with Gasteiger partial charge in [-0.3, -0.25) is 14.7 Å². The zero-order chi connectivity index (χ0) is 18.3. The maximum absolute atomic E-state index is 11.8. The van der Waals surface area contributed by atoms with E-state index in [-0.39, 0.29) is 11.9 Å². The number of halogens is 1. The van der Waals surface area contributed by atoms with Crippen molar-refractivity contribution in [2.45, 2.75) is 25.8 Å². The molecule has 0 saturated carbocycles. The minimum Gasteiger partial charge on any atom is -0.314 e. The van der Waals surface area contributed by atoms with E-state index in [1.54, 1.807) is 11.8 Å². The van der Waals surface area contributed by atoms with Gasteiger partial charge in [0.15, 0.2) is 0 Å². The van der Waals surface area contributed by atoms with Crippen LogP contribution < -0.4 is 0 Å². The van der Waals surface area contributed by atoms with Crippen molar-refractivity contribution in [1.29, 1.82) is 0 Å². The Balaban J connectivity index is 1.77. The Morgan fingerprint density at radius 1 is 1.23 bits per heavy atom. The summed E-state index contributed by atoms with van der Waals surface area (Å²) in [4.78, 5) is 20.7. The van der Waals surface area contributed by atoms with E-state index in [4.69, 9.17) is 16.6 Å². The second-order valence-electron chi connectivity index (χ2n) is 7.00. The maximum atomic E-state index is 11.8. The lowest BCUT2D eigenvalue weighted by molar-refractivity contribution is -0.128. The minimum atomic E-state index is 0.0567. The van der Waals surface area contributed by atoms with Crippen LogP contribution >= 0.6 is 11.6 Å². The molecule has 1 atom stereocenters. The molecule has 134 valence electrons. The quantitative estimate of drug-likeness (QED) is 0.772. The molecule has 1 aliphatic heterocycles. The molecule has 4 nitrogen and oxygen atoms in total. The number of pyridine rings is 1. The number of carbonyl (C=O) groups is 1. The third kappa shape index (κ3) is 3.04. The minimum absolute atomic E-state index is 0.0567. The van der Waals surface area contributed by atoms with Crippen LogP contribution in [0.2, 0.25) is 5.02 Å². The van der Waals surface area contributed by atoms with E-state index in [1.807, 2.05) is 18.3 Å². The predicted octanol–water partition coefficient (Wildman–Crippen LogP) is 3.60. The number of carbonyl (C=O) groups excluding carboxylic acids is 1. The van der Waals surface area contributed by atoms with Gasteiger partial charge >= 0.3 is 0 Å². The highest BCUT2D eigenvalue weighted by molar-refractivity contribution is 6.30. The molecule has 1 amide bonds. The fourth-order valence-electron chi connectivity index (χ4n) is 4.14. The first-order valence-electron chi connectivity index (χ1n) is 8.96. The van der Waals surface area contributed by atoms with Crippen molar-refractivity contribution < 1.29 is 4.79 Å². The van der Waals surface area contributed by atoms with Crippen LogP contribution in [0.1, 0.15) is 35.3 Å². The number of aryl methyl sites for hydroxylation is 2. The molecule has 0 bridgehead atoms. The summed E-state index contributed by atoms with van der Waals surface area (Å²) < 4.78 is 0. The fraction of sp³-hybridized carbons (Fsp3) is 0.333. The first kappa shape index (κ1) is 17.3. The smallest absolute Gasteiger partial charge is 0.223 e. The van der Waals surface area contributed by atoms with Crippen LogP contribution in [0.25, 0.3) is 0 Å². The lowest BCUT2D eigenvalue weighted by Crippen LogP contribution is -2.47. The molecular formula is C21H22ClN3O. The molecule has 1 aromatic heterocycles. The van der Waals surface area contributed by atoms with Gasteiger partial charge in [0.1, 0.15) is 0 Å². The van der Waals surface area contributed by atoms with Crippen molar-refractivity contribution in [2.75, 3.05) is 19.6 Å². The zero-order valence-electron chi connectivity index (χ0n) is 14.9. The summed E-state index contributed by atoms with van der Waals surface area (Å²) in [5.41, 5.74) is 5.78. The van der Waals surface area contributed by atoms with Gasteiger partial charge in [0.05, 0.1) is 11.7 Å². The molecule has 1 fully saturated rings. The van der Waals surface area contributed by atoms with Crippen LogP contribution in [0, 0.1) is 0 Å². The first-order chi connectivity index (χ1) is 12.5. The van der Waals surface area contributed by atoms with E-state index in [1.165, 1.54) is 16.7 Å². The highest BCUT2D eigenvalue weighted by Gasteiger charge is 2.33. The number of amides is 1. The topological polar surface area (TPSA) is 36.4 Å². The highest BCUT2D eigenvalue weighted by Crippen LogP contribution is 2.37. The van der Waals surface area contributed by atoms with E-state index in [2.05, 4.69) is 29.7 Å². The number of fused-ring (bicyclic) bond motifs is 2. The molecule has 1 aliphatic carbocycles. The molecule has 4 rings (SSSR count). The monoisotopic (exact) mass is 367 g/mol.